The van der Waals surface area contributed by atoms with Crippen molar-refractivity contribution in [3.63, 3.8) is 0 Å². The van der Waals surface area contributed by atoms with E-state index in [0.717, 1.165) is 28.3 Å². The van der Waals surface area contributed by atoms with Crippen molar-refractivity contribution >= 4 is 28.4 Å². The van der Waals surface area contributed by atoms with Gasteiger partial charge >= 0.3 is 12.4 Å². The number of ether oxygens (including phenoxy) is 1. The van der Waals surface area contributed by atoms with Gasteiger partial charge in [0.1, 0.15) is 10.8 Å². The minimum absolute atomic E-state index is 0.00283. The first kappa shape index (κ1) is 25.6. The maximum Gasteiger partial charge on any atom is 0.416 e. The number of nitrogens with one attached hydrogen (secondary N) is 2. The van der Waals surface area contributed by atoms with E-state index >= 15 is 0 Å². The number of nitrogens with zero attached hydrogens (tertiary/aromatic N) is 4. The minimum Gasteiger partial charge on any atom is -0.494 e. The summed E-state index contributed by atoms with van der Waals surface area (Å²) in [5.74, 6) is -1.14. The Labute approximate surface area is 203 Å². The molecule has 3 aromatic rings. The van der Waals surface area contributed by atoms with Crippen LogP contribution >= 0.6 is 11.3 Å². The number of thiazole rings is 1. The van der Waals surface area contributed by atoms with E-state index in [1.807, 2.05) is 0 Å². The van der Waals surface area contributed by atoms with Crippen molar-refractivity contribution in [3.8, 4) is 5.75 Å². The Hall–Kier alpha value is -3.49. The molecule has 1 atom stereocenters. The summed E-state index contributed by atoms with van der Waals surface area (Å²) < 4.78 is 86.0. The van der Waals surface area contributed by atoms with E-state index < -0.39 is 36.6 Å². The molecule has 4 rings (SSSR count). The van der Waals surface area contributed by atoms with E-state index in [2.05, 4.69) is 30.9 Å². The van der Waals surface area contributed by atoms with Gasteiger partial charge in [0.2, 0.25) is 5.82 Å². The van der Waals surface area contributed by atoms with Gasteiger partial charge < -0.3 is 10.1 Å². The predicted molar refractivity (Wildman–Crippen MR) is 116 cm³/mol. The molecule has 192 valence electrons. The van der Waals surface area contributed by atoms with E-state index in [-0.39, 0.29) is 46.3 Å². The average Bonchev–Trinajstić information content (AvgIpc) is 3.47. The largest absolute Gasteiger partial charge is 0.494 e. The van der Waals surface area contributed by atoms with Gasteiger partial charge in [-0.15, -0.1) is 21.5 Å². The van der Waals surface area contributed by atoms with E-state index in [4.69, 9.17) is 4.74 Å². The second kappa shape index (κ2) is 9.52. The van der Waals surface area contributed by atoms with Crippen LogP contribution in [0.15, 0.2) is 30.5 Å². The first-order valence-corrected chi connectivity index (χ1v) is 11.3. The Bertz CT molecular complexity index is 1250. The van der Waals surface area contributed by atoms with Crippen LogP contribution in [0.3, 0.4) is 0 Å². The lowest BCUT2D eigenvalue weighted by molar-refractivity contribution is -0.201. The number of hydrogen-bond donors (Lipinski definition) is 2. The Morgan fingerprint density at radius 1 is 1.14 bits per heavy atom. The molecule has 0 saturated heterocycles. The summed E-state index contributed by atoms with van der Waals surface area (Å²) in [7, 11) is 0. The Morgan fingerprint density at radius 2 is 1.86 bits per heavy atom. The molecule has 0 radical (unpaired) electrons. The van der Waals surface area contributed by atoms with Crippen LogP contribution in [-0.4, -0.2) is 50.5 Å². The maximum atomic E-state index is 14.6. The average molecular weight is 532 g/mol. The molecule has 0 bridgehead atoms. The first-order valence-electron chi connectivity index (χ1n) is 10.5. The number of hydrogen-bond acceptors (Lipinski definition) is 7. The lowest BCUT2D eigenvalue weighted by Gasteiger charge is -2.40. The number of halogens is 6. The van der Waals surface area contributed by atoms with E-state index in [1.165, 1.54) is 18.3 Å². The van der Waals surface area contributed by atoms with Gasteiger partial charge in [-0.3, -0.25) is 4.79 Å². The number of tetrazole rings is 1. The highest BCUT2D eigenvalue weighted by Crippen LogP contribution is 2.50. The fourth-order valence-corrected chi connectivity index (χ4v) is 4.59. The normalized spacial score (nSPS) is 18.9. The van der Waals surface area contributed by atoms with Gasteiger partial charge in [-0.2, -0.15) is 31.6 Å². The quantitative estimate of drug-likeness (QED) is 0.341. The summed E-state index contributed by atoms with van der Waals surface area (Å²) in [6, 6.07) is 4.68. The lowest BCUT2D eigenvalue weighted by Crippen LogP contribution is -2.58. The molecule has 2 N–H and O–H groups in total. The molecule has 2 aromatic heterocycles. The van der Waals surface area contributed by atoms with Crippen LogP contribution in [0.2, 0.25) is 0 Å². The fraction of sp³-hybridized carbons (Fsp3) is 0.381. The SMILES string of the molecule is Cc1cnc(C2=C(c3nn[nH]n3)C(=O)NC(c3ccc(OCCCC(F)(F)F)cc3)(C(F)(F)F)C2)s1. The number of benzene rings is 1. The zero-order chi connectivity index (χ0) is 26.1. The zero-order valence-electron chi connectivity index (χ0n) is 18.5. The Kier molecular flexibility index (Phi) is 6.77. The van der Waals surface area contributed by atoms with Crippen LogP contribution in [0.5, 0.6) is 5.75 Å². The van der Waals surface area contributed by atoms with Crippen LogP contribution < -0.4 is 10.1 Å². The van der Waals surface area contributed by atoms with E-state index in [1.54, 1.807) is 6.92 Å². The number of aryl methyl sites for hydroxylation is 1. The van der Waals surface area contributed by atoms with E-state index in [0.29, 0.717) is 0 Å². The summed E-state index contributed by atoms with van der Waals surface area (Å²) in [5.41, 5.74) is -3.28. The number of alkyl halides is 6. The molecule has 0 saturated carbocycles. The van der Waals surface area contributed by atoms with Crippen LogP contribution in [0.1, 0.15) is 40.5 Å². The van der Waals surface area contributed by atoms with Crippen molar-refractivity contribution in [3.05, 3.63) is 51.7 Å². The molecular formula is C21H18F6N6O2S. The molecule has 8 nitrogen and oxygen atoms in total. The molecule has 1 aromatic carbocycles. The van der Waals surface area contributed by atoms with Crippen LogP contribution in [0, 0.1) is 6.92 Å². The topological polar surface area (TPSA) is 106 Å². The van der Waals surface area contributed by atoms with Crippen molar-refractivity contribution in [1.29, 1.82) is 0 Å². The van der Waals surface area contributed by atoms with Crippen molar-refractivity contribution < 1.29 is 35.9 Å². The van der Waals surface area contributed by atoms with Crippen molar-refractivity contribution in [2.45, 2.75) is 44.1 Å². The van der Waals surface area contributed by atoms with Gasteiger partial charge in [0.15, 0.2) is 5.54 Å². The molecule has 36 heavy (non-hydrogen) atoms. The third kappa shape index (κ3) is 5.20. The molecule has 1 aliphatic heterocycles. The molecule has 0 aliphatic carbocycles. The van der Waals surface area contributed by atoms with Crippen LogP contribution in [0.4, 0.5) is 26.3 Å². The molecule has 3 heterocycles. The molecule has 15 heteroatoms. The number of carbonyl (C=O) groups is 1. The molecule has 1 amide bonds. The van der Waals surface area contributed by atoms with Gasteiger partial charge in [-0.25, -0.2) is 4.98 Å². The molecular weight excluding hydrogens is 514 g/mol. The summed E-state index contributed by atoms with van der Waals surface area (Å²) >= 11 is 1.12. The fourth-order valence-electron chi connectivity index (χ4n) is 3.78. The van der Waals surface area contributed by atoms with Gasteiger partial charge in [-0.05, 0) is 36.3 Å². The standard InChI is InChI=1S/C21H18F6N6O2S/c1-11-10-28-18(36-11)14-9-19(21(25,26)27,29-17(34)15(14)16-30-32-33-31-16)12-3-5-13(6-4-12)35-8-2-7-20(22,23)24/h3-6,10H,2,7-9H2,1H3,(H,29,34)(H,30,31,32,33). The second-order valence-electron chi connectivity index (χ2n) is 7.99. The predicted octanol–water partition coefficient (Wildman–Crippen LogP) is 4.57. The number of aromatic nitrogens is 5. The van der Waals surface area contributed by atoms with Gasteiger partial charge in [0, 0.05) is 29.5 Å². The zero-order valence-corrected chi connectivity index (χ0v) is 19.3. The number of amides is 1. The summed E-state index contributed by atoms with van der Waals surface area (Å²) in [5, 5.41) is 15.4. The molecule has 0 spiro atoms. The number of carbonyl (C=O) groups excluding carboxylic acids is 1. The summed E-state index contributed by atoms with van der Waals surface area (Å²) in [6.45, 7) is 1.47. The Balaban J connectivity index is 1.69. The summed E-state index contributed by atoms with van der Waals surface area (Å²) in [4.78, 5) is 18.0. The van der Waals surface area contributed by atoms with Crippen molar-refractivity contribution in [2.75, 3.05) is 6.61 Å². The summed E-state index contributed by atoms with van der Waals surface area (Å²) in [6.07, 6.45) is -9.82. The minimum atomic E-state index is -4.93. The molecule has 0 fully saturated rings. The number of aromatic amines is 1. The van der Waals surface area contributed by atoms with Crippen LogP contribution in [0.25, 0.3) is 11.1 Å². The second-order valence-corrected chi connectivity index (χ2v) is 9.23. The highest BCUT2D eigenvalue weighted by molar-refractivity contribution is 7.12. The highest BCUT2D eigenvalue weighted by Gasteiger charge is 2.60. The number of rotatable bonds is 7. The number of H-pyrrole nitrogens is 1. The highest BCUT2D eigenvalue weighted by atomic mass is 32.1. The van der Waals surface area contributed by atoms with Crippen molar-refractivity contribution in [1.82, 2.24) is 30.9 Å². The van der Waals surface area contributed by atoms with Crippen molar-refractivity contribution in [2.24, 2.45) is 0 Å². The van der Waals surface area contributed by atoms with Gasteiger partial charge in [-0.1, -0.05) is 12.1 Å². The lowest BCUT2D eigenvalue weighted by atomic mass is 9.78. The van der Waals surface area contributed by atoms with Gasteiger partial charge in [0.05, 0.1) is 12.2 Å². The third-order valence-corrected chi connectivity index (χ3v) is 6.42. The molecule has 1 aliphatic rings. The van der Waals surface area contributed by atoms with Crippen LogP contribution in [-0.2, 0) is 10.3 Å². The Morgan fingerprint density at radius 3 is 2.42 bits per heavy atom. The first-order chi connectivity index (χ1) is 16.9. The maximum absolute atomic E-state index is 14.6. The van der Waals surface area contributed by atoms with Gasteiger partial charge in [0.25, 0.3) is 5.91 Å². The smallest absolute Gasteiger partial charge is 0.416 e. The van der Waals surface area contributed by atoms with E-state index in [9.17, 15) is 31.1 Å². The molecule has 1 unspecified atom stereocenters. The third-order valence-electron chi connectivity index (χ3n) is 5.45. The monoisotopic (exact) mass is 532 g/mol.